The van der Waals surface area contributed by atoms with E-state index in [1.165, 1.54) is 0 Å². The lowest BCUT2D eigenvalue weighted by Gasteiger charge is -2.21. The Kier molecular flexibility index (Phi) is 5.65. The lowest BCUT2D eigenvalue weighted by atomic mass is 10.2. The molecule has 0 saturated carbocycles. The molecule has 1 rings (SSSR count). The highest BCUT2D eigenvalue weighted by Crippen LogP contribution is 1.96. The van der Waals surface area contributed by atoms with Crippen LogP contribution in [0.15, 0.2) is 0 Å². The average Bonchev–Trinajstić information content (AvgIpc) is 2.53. The minimum absolute atomic E-state index is 0.235. The molecule has 2 N–H and O–H groups in total. The predicted molar refractivity (Wildman–Crippen MR) is 61.8 cm³/mol. The zero-order valence-electron chi connectivity index (χ0n) is 9.88. The predicted octanol–water partition coefficient (Wildman–Crippen LogP) is 0.196. The Morgan fingerprint density at radius 2 is 2.27 bits per heavy atom. The Morgan fingerprint density at radius 1 is 1.47 bits per heavy atom. The normalized spacial score (nSPS) is 19.7. The Morgan fingerprint density at radius 3 is 3.00 bits per heavy atom. The first-order valence-corrected chi connectivity index (χ1v) is 5.96. The van der Waals surface area contributed by atoms with Crippen LogP contribution in [0.5, 0.6) is 0 Å². The Labute approximate surface area is 92.4 Å². The van der Waals surface area contributed by atoms with Gasteiger partial charge in [-0.25, -0.2) is 0 Å². The molecule has 1 atom stereocenters. The average molecular weight is 213 g/mol. The molecule has 15 heavy (non-hydrogen) atoms. The molecule has 1 fully saturated rings. The van der Waals surface area contributed by atoms with Crippen molar-refractivity contribution >= 4 is 5.91 Å². The van der Waals surface area contributed by atoms with Crippen LogP contribution in [0.25, 0.3) is 0 Å². The van der Waals surface area contributed by atoms with Crippen LogP contribution in [-0.4, -0.2) is 49.6 Å². The summed E-state index contributed by atoms with van der Waals surface area (Å²) in [4.78, 5) is 13.8. The summed E-state index contributed by atoms with van der Waals surface area (Å²) >= 11 is 0. The first-order chi connectivity index (χ1) is 7.24. The van der Waals surface area contributed by atoms with E-state index in [-0.39, 0.29) is 5.91 Å². The second kappa shape index (κ2) is 6.80. The Hall–Kier alpha value is -0.610. The SMILES string of the molecule is CCC(C)NCC(=O)N1CCCNCC1. The van der Waals surface area contributed by atoms with E-state index in [1.54, 1.807) is 0 Å². The minimum Gasteiger partial charge on any atom is -0.340 e. The molecule has 1 heterocycles. The van der Waals surface area contributed by atoms with Gasteiger partial charge < -0.3 is 15.5 Å². The van der Waals surface area contributed by atoms with E-state index < -0.39 is 0 Å². The fourth-order valence-corrected chi connectivity index (χ4v) is 1.61. The topological polar surface area (TPSA) is 44.4 Å². The highest BCUT2D eigenvalue weighted by Gasteiger charge is 2.14. The van der Waals surface area contributed by atoms with Gasteiger partial charge in [0.2, 0.25) is 5.91 Å². The summed E-state index contributed by atoms with van der Waals surface area (Å²) < 4.78 is 0. The van der Waals surface area contributed by atoms with Crippen molar-refractivity contribution in [3.63, 3.8) is 0 Å². The van der Waals surface area contributed by atoms with Crippen molar-refractivity contribution in [1.29, 1.82) is 0 Å². The number of hydrogen-bond acceptors (Lipinski definition) is 3. The van der Waals surface area contributed by atoms with Crippen LogP contribution in [0.1, 0.15) is 26.7 Å². The van der Waals surface area contributed by atoms with Gasteiger partial charge in [0.05, 0.1) is 6.54 Å². The molecule has 1 aliphatic rings. The fraction of sp³-hybridized carbons (Fsp3) is 0.909. The van der Waals surface area contributed by atoms with Gasteiger partial charge in [-0.3, -0.25) is 4.79 Å². The van der Waals surface area contributed by atoms with Crippen LogP contribution in [0.3, 0.4) is 0 Å². The number of amides is 1. The number of nitrogens with one attached hydrogen (secondary N) is 2. The van der Waals surface area contributed by atoms with Crippen molar-refractivity contribution in [3.05, 3.63) is 0 Å². The molecule has 0 aliphatic carbocycles. The third kappa shape index (κ3) is 4.62. The number of carbonyl (C=O) groups excluding carboxylic acids is 1. The van der Waals surface area contributed by atoms with Crippen molar-refractivity contribution in [1.82, 2.24) is 15.5 Å². The van der Waals surface area contributed by atoms with Crippen molar-refractivity contribution in [2.75, 3.05) is 32.7 Å². The number of rotatable bonds is 4. The zero-order valence-corrected chi connectivity index (χ0v) is 9.88. The van der Waals surface area contributed by atoms with E-state index in [0.29, 0.717) is 12.6 Å². The second-order valence-corrected chi connectivity index (χ2v) is 4.17. The largest absolute Gasteiger partial charge is 0.340 e. The molecule has 0 aromatic carbocycles. The first kappa shape index (κ1) is 12.5. The number of nitrogens with zero attached hydrogens (tertiary/aromatic N) is 1. The summed E-state index contributed by atoms with van der Waals surface area (Å²) in [5, 5.41) is 6.53. The van der Waals surface area contributed by atoms with Crippen LogP contribution in [-0.2, 0) is 4.79 Å². The van der Waals surface area contributed by atoms with Crippen LogP contribution in [0, 0.1) is 0 Å². The fourth-order valence-electron chi connectivity index (χ4n) is 1.61. The number of carbonyl (C=O) groups is 1. The lowest BCUT2D eigenvalue weighted by Crippen LogP contribution is -2.42. The smallest absolute Gasteiger partial charge is 0.236 e. The molecule has 4 heteroatoms. The van der Waals surface area contributed by atoms with Gasteiger partial charge in [0.1, 0.15) is 0 Å². The quantitative estimate of drug-likeness (QED) is 0.701. The van der Waals surface area contributed by atoms with Gasteiger partial charge in [-0.15, -0.1) is 0 Å². The monoisotopic (exact) mass is 213 g/mol. The van der Waals surface area contributed by atoms with Crippen LogP contribution in [0.4, 0.5) is 0 Å². The summed E-state index contributed by atoms with van der Waals surface area (Å²) in [7, 11) is 0. The molecular weight excluding hydrogens is 190 g/mol. The molecule has 1 unspecified atom stereocenters. The first-order valence-electron chi connectivity index (χ1n) is 5.96. The van der Waals surface area contributed by atoms with Gasteiger partial charge in [0.15, 0.2) is 0 Å². The molecule has 4 nitrogen and oxygen atoms in total. The van der Waals surface area contributed by atoms with E-state index >= 15 is 0 Å². The van der Waals surface area contributed by atoms with Gasteiger partial charge in [-0.1, -0.05) is 6.92 Å². The van der Waals surface area contributed by atoms with Gasteiger partial charge in [-0.05, 0) is 26.3 Å². The lowest BCUT2D eigenvalue weighted by molar-refractivity contribution is -0.130. The molecule has 1 amide bonds. The molecule has 0 radical (unpaired) electrons. The summed E-state index contributed by atoms with van der Waals surface area (Å²) in [5.74, 6) is 0.235. The third-order valence-electron chi connectivity index (χ3n) is 2.91. The van der Waals surface area contributed by atoms with E-state index in [4.69, 9.17) is 0 Å². The maximum Gasteiger partial charge on any atom is 0.236 e. The van der Waals surface area contributed by atoms with E-state index in [2.05, 4.69) is 24.5 Å². The minimum atomic E-state index is 0.235. The van der Waals surface area contributed by atoms with Crippen molar-refractivity contribution in [2.45, 2.75) is 32.7 Å². The maximum atomic E-state index is 11.8. The Balaban J connectivity index is 2.25. The van der Waals surface area contributed by atoms with Crippen molar-refractivity contribution < 1.29 is 4.79 Å². The summed E-state index contributed by atoms with van der Waals surface area (Å²) in [5.41, 5.74) is 0. The highest BCUT2D eigenvalue weighted by molar-refractivity contribution is 5.78. The zero-order chi connectivity index (χ0) is 11.1. The standard InChI is InChI=1S/C11H23N3O/c1-3-10(2)13-9-11(15)14-7-4-5-12-6-8-14/h10,12-13H,3-9H2,1-2H3. The van der Waals surface area contributed by atoms with Crippen molar-refractivity contribution in [2.24, 2.45) is 0 Å². The van der Waals surface area contributed by atoms with Crippen LogP contribution in [0.2, 0.25) is 0 Å². The molecule has 0 aromatic heterocycles. The van der Waals surface area contributed by atoms with Gasteiger partial charge in [-0.2, -0.15) is 0 Å². The summed E-state index contributed by atoms with van der Waals surface area (Å²) in [6.45, 7) is 8.41. The molecule has 1 saturated heterocycles. The molecule has 1 aliphatic heterocycles. The summed E-state index contributed by atoms with van der Waals surface area (Å²) in [6, 6.07) is 0.430. The van der Waals surface area contributed by atoms with Crippen molar-refractivity contribution in [3.8, 4) is 0 Å². The molecule has 0 aromatic rings. The second-order valence-electron chi connectivity index (χ2n) is 4.17. The van der Waals surface area contributed by atoms with E-state index in [0.717, 1.165) is 39.0 Å². The van der Waals surface area contributed by atoms with Gasteiger partial charge in [0, 0.05) is 25.7 Å². The van der Waals surface area contributed by atoms with Gasteiger partial charge in [0.25, 0.3) is 0 Å². The maximum absolute atomic E-state index is 11.8. The number of hydrogen-bond donors (Lipinski definition) is 2. The molecule has 0 bridgehead atoms. The Bertz CT molecular complexity index is 188. The van der Waals surface area contributed by atoms with Crippen LogP contribution >= 0.6 is 0 Å². The van der Waals surface area contributed by atoms with E-state index in [1.807, 2.05) is 4.90 Å². The molecular formula is C11H23N3O. The van der Waals surface area contributed by atoms with Crippen LogP contribution < -0.4 is 10.6 Å². The molecule has 0 spiro atoms. The third-order valence-corrected chi connectivity index (χ3v) is 2.91. The van der Waals surface area contributed by atoms with E-state index in [9.17, 15) is 4.79 Å². The molecule has 88 valence electrons. The highest BCUT2D eigenvalue weighted by atomic mass is 16.2. The van der Waals surface area contributed by atoms with Gasteiger partial charge >= 0.3 is 0 Å². The summed E-state index contributed by atoms with van der Waals surface area (Å²) in [6.07, 6.45) is 2.13.